The maximum Gasteiger partial charge on any atom is 0.0716 e. The molecule has 3 radical (unpaired) electrons. The van der Waals surface area contributed by atoms with Gasteiger partial charge in [0, 0.05) is 0 Å². The van der Waals surface area contributed by atoms with Gasteiger partial charge >= 0.3 is 0 Å². The predicted molar refractivity (Wildman–Crippen MR) is 59.8 cm³/mol. The van der Waals surface area contributed by atoms with Gasteiger partial charge in [-0.2, -0.15) is 0 Å². The highest BCUT2D eigenvalue weighted by Crippen LogP contribution is 2.26. The molecule has 0 saturated heterocycles. The topological polar surface area (TPSA) is 0 Å². The third kappa shape index (κ3) is 2.44. The zero-order valence-corrected chi connectivity index (χ0v) is 9.72. The SMILES string of the molecule is CCCC(C)(C)c1ccccc1[Si]. The van der Waals surface area contributed by atoms with E-state index in [0.29, 0.717) is 0 Å². The summed E-state index contributed by atoms with van der Waals surface area (Å²) in [6.45, 7) is 6.84. The Balaban J connectivity index is 2.99. The lowest BCUT2D eigenvalue weighted by Crippen LogP contribution is -2.25. The van der Waals surface area contributed by atoms with Crippen LogP contribution in [-0.4, -0.2) is 10.2 Å². The van der Waals surface area contributed by atoms with Crippen molar-refractivity contribution in [3.8, 4) is 0 Å². The predicted octanol–water partition coefficient (Wildman–Crippen LogP) is 2.56. The van der Waals surface area contributed by atoms with Crippen molar-refractivity contribution < 1.29 is 0 Å². The molecule has 0 N–H and O–H groups in total. The smallest absolute Gasteiger partial charge is 0.0654 e. The highest BCUT2D eigenvalue weighted by atomic mass is 28.1. The molecule has 1 aromatic carbocycles. The number of rotatable bonds is 3. The first kappa shape index (κ1) is 10.5. The molecule has 0 fully saturated rings. The number of hydrogen-bond donors (Lipinski definition) is 0. The second kappa shape index (κ2) is 4.10. The van der Waals surface area contributed by atoms with E-state index >= 15 is 0 Å². The highest BCUT2D eigenvalue weighted by molar-refractivity contribution is 6.33. The van der Waals surface area contributed by atoms with Crippen LogP contribution in [0, 0.1) is 0 Å². The summed E-state index contributed by atoms with van der Waals surface area (Å²) in [7, 11) is 3.65. The largest absolute Gasteiger partial charge is 0.0716 e. The molecule has 0 aliphatic carbocycles. The third-order valence-corrected chi connectivity index (χ3v) is 2.97. The maximum absolute atomic E-state index is 3.65. The van der Waals surface area contributed by atoms with Gasteiger partial charge in [0.1, 0.15) is 0 Å². The third-order valence-electron chi connectivity index (χ3n) is 2.53. The van der Waals surface area contributed by atoms with Gasteiger partial charge in [-0.3, -0.25) is 0 Å². The Morgan fingerprint density at radius 3 is 2.38 bits per heavy atom. The lowest BCUT2D eigenvalue weighted by atomic mass is 9.81. The normalized spacial score (nSPS) is 11.7. The summed E-state index contributed by atoms with van der Waals surface area (Å²) >= 11 is 0. The first-order chi connectivity index (χ1) is 6.08. The van der Waals surface area contributed by atoms with Crippen LogP contribution in [-0.2, 0) is 5.41 Å². The summed E-state index contributed by atoms with van der Waals surface area (Å²) in [4.78, 5) is 0. The van der Waals surface area contributed by atoms with E-state index in [-0.39, 0.29) is 5.41 Å². The Morgan fingerprint density at radius 1 is 1.23 bits per heavy atom. The summed E-state index contributed by atoms with van der Waals surface area (Å²) in [5.74, 6) is 0. The van der Waals surface area contributed by atoms with Gasteiger partial charge in [-0.15, -0.1) is 0 Å². The van der Waals surface area contributed by atoms with Crippen LogP contribution in [0.2, 0.25) is 0 Å². The molecule has 69 valence electrons. The zero-order chi connectivity index (χ0) is 9.90. The van der Waals surface area contributed by atoms with E-state index in [4.69, 9.17) is 0 Å². The molecule has 0 amide bonds. The van der Waals surface area contributed by atoms with Crippen molar-refractivity contribution in [1.29, 1.82) is 0 Å². The van der Waals surface area contributed by atoms with Gasteiger partial charge in [0.15, 0.2) is 0 Å². The molecule has 0 atom stereocenters. The molecule has 1 heteroatoms. The summed E-state index contributed by atoms with van der Waals surface area (Å²) < 4.78 is 0. The molecule has 0 saturated carbocycles. The number of benzene rings is 1. The van der Waals surface area contributed by atoms with Gasteiger partial charge in [0.25, 0.3) is 0 Å². The molecule has 0 aliphatic rings. The van der Waals surface area contributed by atoms with E-state index in [0.717, 1.165) is 0 Å². The van der Waals surface area contributed by atoms with Crippen molar-refractivity contribution in [1.82, 2.24) is 0 Å². The van der Waals surface area contributed by atoms with Crippen LogP contribution in [0.3, 0.4) is 0 Å². The second-order valence-corrected chi connectivity index (χ2v) is 4.72. The van der Waals surface area contributed by atoms with Gasteiger partial charge in [-0.05, 0) is 17.4 Å². The van der Waals surface area contributed by atoms with Gasteiger partial charge in [-0.25, -0.2) is 0 Å². The molecule has 0 heterocycles. The minimum Gasteiger partial charge on any atom is -0.0654 e. The lowest BCUT2D eigenvalue weighted by Gasteiger charge is -2.26. The van der Waals surface area contributed by atoms with Crippen LogP contribution >= 0.6 is 0 Å². The Labute approximate surface area is 84.8 Å². The molecule has 0 bridgehead atoms. The van der Waals surface area contributed by atoms with E-state index < -0.39 is 0 Å². The summed E-state index contributed by atoms with van der Waals surface area (Å²) in [5, 5.41) is 1.22. The van der Waals surface area contributed by atoms with Crippen LogP contribution in [0.5, 0.6) is 0 Å². The lowest BCUT2D eigenvalue weighted by molar-refractivity contribution is 0.476. The molecule has 0 nitrogen and oxygen atoms in total. The van der Waals surface area contributed by atoms with E-state index in [1.165, 1.54) is 23.6 Å². The molecule has 1 rings (SSSR count). The van der Waals surface area contributed by atoms with Crippen molar-refractivity contribution in [2.75, 3.05) is 0 Å². The zero-order valence-electron chi connectivity index (χ0n) is 8.72. The molecule has 0 aliphatic heterocycles. The molecule has 1 aromatic rings. The van der Waals surface area contributed by atoms with Crippen LogP contribution < -0.4 is 5.19 Å². The first-order valence-electron chi connectivity index (χ1n) is 4.89. The Kier molecular flexibility index (Phi) is 3.31. The molecular formula is C12H17Si. The van der Waals surface area contributed by atoms with Gasteiger partial charge in [0.05, 0.1) is 10.2 Å². The summed E-state index contributed by atoms with van der Waals surface area (Å²) in [6, 6.07) is 8.49. The first-order valence-corrected chi connectivity index (χ1v) is 5.39. The Morgan fingerprint density at radius 2 is 1.85 bits per heavy atom. The molecule has 13 heavy (non-hydrogen) atoms. The minimum absolute atomic E-state index is 0.285. The van der Waals surface area contributed by atoms with E-state index in [9.17, 15) is 0 Å². The monoisotopic (exact) mass is 189 g/mol. The van der Waals surface area contributed by atoms with Gasteiger partial charge in [0.2, 0.25) is 0 Å². The summed E-state index contributed by atoms with van der Waals surface area (Å²) in [6.07, 6.45) is 2.46. The molecular weight excluding hydrogens is 172 g/mol. The average molecular weight is 189 g/mol. The average Bonchev–Trinajstić information content (AvgIpc) is 2.04. The minimum atomic E-state index is 0.285. The fourth-order valence-corrected chi connectivity index (χ4v) is 2.35. The van der Waals surface area contributed by atoms with Gasteiger partial charge < -0.3 is 0 Å². The summed E-state index contributed by atoms with van der Waals surface area (Å²) in [5.41, 5.74) is 1.70. The van der Waals surface area contributed by atoms with Crippen molar-refractivity contribution in [2.45, 2.75) is 39.0 Å². The van der Waals surface area contributed by atoms with Crippen molar-refractivity contribution in [3.05, 3.63) is 29.8 Å². The van der Waals surface area contributed by atoms with Gasteiger partial charge in [-0.1, -0.05) is 56.6 Å². The highest BCUT2D eigenvalue weighted by Gasteiger charge is 2.20. The Bertz CT molecular complexity index is 276. The second-order valence-electron chi connectivity index (χ2n) is 4.18. The van der Waals surface area contributed by atoms with Crippen LogP contribution in [0.15, 0.2) is 24.3 Å². The van der Waals surface area contributed by atoms with Crippen molar-refractivity contribution >= 4 is 15.4 Å². The van der Waals surface area contributed by atoms with E-state index in [1.54, 1.807) is 0 Å². The Hall–Kier alpha value is -0.563. The maximum atomic E-state index is 3.65. The molecule has 0 aromatic heterocycles. The van der Waals surface area contributed by atoms with Crippen molar-refractivity contribution in [2.24, 2.45) is 0 Å². The van der Waals surface area contributed by atoms with E-state index in [1.807, 2.05) is 0 Å². The van der Waals surface area contributed by atoms with Crippen LogP contribution in [0.25, 0.3) is 0 Å². The van der Waals surface area contributed by atoms with Crippen molar-refractivity contribution in [3.63, 3.8) is 0 Å². The van der Waals surface area contributed by atoms with Crippen LogP contribution in [0.1, 0.15) is 39.2 Å². The standard InChI is InChI=1S/C12H17Si/c1-4-9-12(2,3)10-7-5-6-8-11(10)13/h5-8H,4,9H2,1-3H3. The molecule has 0 spiro atoms. The number of hydrogen-bond acceptors (Lipinski definition) is 0. The fourth-order valence-electron chi connectivity index (χ4n) is 1.83. The van der Waals surface area contributed by atoms with Crippen LogP contribution in [0.4, 0.5) is 0 Å². The fraction of sp³-hybridized carbons (Fsp3) is 0.500. The van der Waals surface area contributed by atoms with E-state index in [2.05, 4.69) is 55.3 Å². The quantitative estimate of drug-likeness (QED) is 0.641. The molecule has 0 unspecified atom stereocenters.